The topological polar surface area (TPSA) is 41.1 Å². The normalized spacial score (nSPS) is 11.1. The van der Waals surface area contributed by atoms with Crippen LogP contribution in [0.5, 0.6) is 0 Å². The largest absolute Gasteiger partial charge is 0.416 e. The highest BCUT2D eigenvalue weighted by Gasteiger charge is 2.29. The zero-order valence-electron chi connectivity index (χ0n) is 12.6. The third-order valence-corrected chi connectivity index (χ3v) is 3.38. The van der Waals surface area contributed by atoms with Gasteiger partial charge >= 0.3 is 12.2 Å². The molecule has 0 fully saturated rings. The van der Waals surface area contributed by atoms with E-state index in [1.54, 1.807) is 6.07 Å². The first-order chi connectivity index (χ1) is 10.9. The summed E-state index contributed by atoms with van der Waals surface area (Å²) in [5.41, 5.74) is 1.62. The van der Waals surface area contributed by atoms with Crippen LogP contribution in [0, 0.1) is 0 Å². The van der Waals surface area contributed by atoms with Crippen LogP contribution in [0.1, 0.15) is 23.6 Å². The van der Waals surface area contributed by atoms with E-state index >= 15 is 0 Å². The number of hydrogen-bond acceptors (Lipinski definition) is 1. The van der Waals surface area contributed by atoms with Crippen molar-refractivity contribution in [1.29, 1.82) is 0 Å². The average molecular weight is 322 g/mol. The van der Waals surface area contributed by atoms with Crippen LogP contribution < -0.4 is 10.6 Å². The lowest BCUT2D eigenvalue weighted by molar-refractivity contribution is -0.137. The number of aryl methyl sites for hydroxylation is 1. The molecule has 0 atom stereocenters. The first-order valence-corrected chi connectivity index (χ1v) is 7.19. The fourth-order valence-corrected chi connectivity index (χ4v) is 2.11. The van der Waals surface area contributed by atoms with Gasteiger partial charge in [0.05, 0.1) is 5.56 Å². The quantitative estimate of drug-likeness (QED) is 0.849. The molecule has 0 spiro atoms. The Balaban J connectivity index is 1.92. The van der Waals surface area contributed by atoms with Gasteiger partial charge in [0, 0.05) is 12.2 Å². The van der Waals surface area contributed by atoms with Gasteiger partial charge in [-0.3, -0.25) is 0 Å². The van der Waals surface area contributed by atoms with Gasteiger partial charge < -0.3 is 10.6 Å². The smallest absolute Gasteiger partial charge is 0.334 e. The van der Waals surface area contributed by atoms with Crippen molar-refractivity contribution in [1.82, 2.24) is 5.32 Å². The molecule has 23 heavy (non-hydrogen) atoms. The Bertz CT molecular complexity index is 666. The summed E-state index contributed by atoms with van der Waals surface area (Å²) in [5.74, 6) is 0. The first-order valence-electron chi connectivity index (χ1n) is 7.19. The molecule has 2 amide bonds. The second-order valence-corrected chi connectivity index (χ2v) is 5.01. The van der Waals surface area contributed by atoms with Gasteiger partial charge in [-0.05, 0) is 35.7 Å². The molecule has 122 valence electrons. The number of rotatable bonds is 4. The Hall–Kier alpha value is -2.50. The molecule has 0 bridgehead atoms. The molecule has 0 aliphatic carbocycles. The minimum absolute atomic E-state index is 0.151. The fraction of sp³-hybridized carbons (Fsp3) is 0.235. The predicted octanol–water partition coefficient (Wildman–Crippen LogP) is 4.59. The lowest BCUT2D eigenvalue weighted by Crippen LogP contribution is -2.28. The number of para-hydroxylation sites is 1. The summed E-state index contributed by atoms with van der Waals surface area (Å²) >= 11 is 0. The lowest BCUT2D eigenvalue weighted by atomic mass is 10.1. The van der Waals surface area contributed by atoms with Crippen LogP contribution in [-0.4, -0.2) is 6.03 Å². The number of carbonyl (C=O) groups excluding carboxylic acids is 1. The van der Waals surface area contributed by atoms with Gasteiger partial charge in [0.15, 0.2) is 0 Å². The van der Waals surface area contributed by atoms with Crippen molar-refractivity contribution in [2.24, 2.45) is 0 Å². The molecule has 0 unspecified atom stereocenters. The summed E-state index contributed by atoms with van der Waals surface area (Å²) in [5, 5.41) is 5.36. The monoisotopic (exact) mass is 322 g/mol. The van der Waals surface area contributed by atoms with E-state index in [4.69, 9.17) is 0 Å². The number of hydrogen-bond donors (Lipinski definition) is 2. The van der Waals surface area contributed by atoms with E-state index in [2.05, 4.69) is 10.6 Å². The van der Waals surface area contributed by atoms with Gasteiger partial charge in [-0.25, -0.2) is 4.79 Å². The van der Waals surface area contributed by atoms with Crippen molar-refractivity contribution in [3.63, 3.8) is 0 Å². The van der Waals surface area contributed by atoms with Crippen molar-refractivity contribution in [3.05, 3.63) is 65.2 Å². The number of urea groups is 1. The molecule has 0 radical (unpaired) electrons. The predicted molar refractivity (Wildman–Crippen MR) is 83.1 cm³/mol. The summed E-state index contributed by atoms with van der Waals surface area (Å²) in [4.78, 5) is 11.9. The van der Waals surface area contributed by atoms with Gasteiger partial charge in [0.2, 0.25) is 0 Å². The number of benzene rings is 2. The molecule has 0 aromatic heterocycles. The molecule has 0 saturated heterocycles. The maximum absolute atomic E-state index is 12.5. The number of anilines is 1. The van der Waals surface area contributed by atoms with Crippen molar-refractivity contribution >= 4 is 11.7 Å². The van der Waals surface area contributed by atoms with Crippen LogP contribution in [0.15, 0.2) is 48.5 Å². The molecule has 0 aliphatic rings. The highest BCUT2D eigenvalue weighted by atomic mass is 19.4. The average Bonchev–Trinajstić information content (AvgIpc) is 2.53. The third-order valence-electron chi connectivity index (χ3n) is 3.38. The molecular formula is C17H17F3N2O. The number of amides is 2. The van der Waals surface area contributed by atoms with Crippen LogP contribution in [0.3, 0.4) is 0 Å². The van der Waals surface area contributed by atoms with Crippen molar-refractivity contribution in [2.45, 2.75) is 26.1 Å². The Kier molecular flexibility index (Phi) is 5.26. The third kappa shape index (κ3) is 4.74. The summed E-state index contributed by atoms with van der Waals surface area (Å²) < 4.78 is 37.4. The molecule has 2 aromatic rings. The maximum atomic E-state index is 12.5. The number of alkyl halides is 3. The van der Waals surface area contributed by atoms with Crippen molar-refractivity contribution < 1.29 is 18.0 Å². The molecule has 2 N–H and O–H groups in total. The van der Waals surface area contributed by atoms with Gasteiger partial charge in [-0.2, -0.15) is 13.2 Å². The molecule has 2 rings (SSSR count). The van der Waals surface area contributed by atoms with E-state index in [9.17, 15) is 18.0 Å². The van der Waals surface area contributed by atoms with Crippen LogP contribution in [0.4, 0.5) is 23.7 Å². The van der Waals surface area contributed by atoms with E-state index in [0.29, 0.717) is 5.56 Å². The van der Waals surface area contributed by atoms with Crippen molar-refractivity contribution in [2.75, 3.05) is 5.32 Å². The Morgan fingerprint density at radius 1 is 1.04 bits per heavy atom. The van der Waals surface area contributed by atoms with E-state index in [-0.39, 0.29) is 6.54 Å². The molecule has 3 nitrogen and oxygen atoms in total. The second-order valence-electron chi connectivity index (χ2n) is 5.01. The molecule has 0 saturated carbocycles. The van der Waals surface area contributed by atoms with E-state index < -0.39 is 17.8 Å². The Morgan fingerprint density at radius 3 is 2.30 bits per heavy atom. The summed E-state index contributed by atoms with van der Waals surface area (Å²) in [6, 6.07) is 11.7. The second kappa shape index (κ2) is 7.17. The zero-order valence-corrected chi connectivity index (χ0v) is 12.6. The highest BCUT2D eigenvalue weighted by molar-refractivity contribution is 5.90. The Morgan fingerprint density at radius 2 is 1.70 bits per heavy atom. The highest BCUT2D eigenvalue weighted by Crippen LogP contribution is 2.29. The van der Waals surface area contributed by atoms with E-state index in [0.717, 1.165) is 29.8 Å². The molecule has 0 aliphatic heterocycles. The van der Waals surface area contributed by atoms with Crippen LogP contribution in [0.2, 0.25) is 0 Å². The standard InChI is InChI=1S/C17H17F3N2O/c1-2-13-5-3-4-6-15(13)22-16(23)21-11-12-7-9-14(10-8-12)17(18,19)20/h3-10H,2,11H2,1H3,(H2,21,22,23). The SMILES string of the molecule is CCc1ccccc1NC(=O)NCc1ccc(C(F)(F)F)cc1. The Labute approximate surface area is 132 Å². The molecule has 6 heteroatoms. The van der Waals surface area contributed by atoms with Gasteiger partial charge in [-0.1, -0.05) is 37.3 Å². The lowest BCUT2D eigenvalue weighted by Gasteiger charge is -2.11. The number of halogens is 3. The maximum Gasteiger partial charge on any atom is 0.416 e. The molecule has 2 aromatic carbocycles. The van der Waals surface area contributed by atoms with Crippen molar-refractivity contribution in [3.8, 4) is 0 Å². The van der Waals surface area contributed by atoms with E-state index in [1.165, 1.54) is 12.1 Å². The number of nitrogens with one attached hydrogen (secondary N) is 2. The molecule has 0 heterocycles. The number of carbonyl (C=O) groups is 1. The minimum atomic E-state index is -4.35. The first kappa shape index (κ1) is 16.9. The van der Waals surface area contributed by atoms with Crippen LogP contribution in [0.25, 0.3) is 0 Å². The van der Waals surface area contributed by atoms with Crippen LogP contribution >= 0.6 is 0 Å². The zero-order chi connectivity index (χ0) is 16.9. The summed E-state index contributed by atoms with van der Waals surface area (Å²) in [6.45, 7) is 2.14. The fourth-order valence-electron chi connectivity index (χ4n) is 2.11. The molecular weight excluding hydrogens is 305 g/mol. The van der Waals surface area contributed by atoms with Gasteiger partial charge in [0.25, 0.3) is 0 Å². The van der Waals surface area contributed by atoms with Crippen LogP contribution in [-0.2, 0) is 19.1 Å². The summed E-state index contributed by atoms with van der Waals surface area (Å²) in [6.07, 6.45) is -3.57. The minimum Gasteiger partial charge on any atom is -0.334 e. The van der Waals surface area contributed by atoms with E-state index in [1.807, 2.05) is 25.1 Å². The van der Waals surface area contributed by atoms with Gasteiger partial charge in [0.1, 0.15) is 0 Å². The summed E-state index contributed by atoms with van der Waals surface area (Å²) in [7, 11) is 0. The van der Waals surface area contributed by atoms with Gasteiger partial charge in [-0.15, -0.1) is 0 Å².